The minimum Gasteiger partial charge on any atom is -0.324 e. The number of nitrogens with one attached hydrogen (secondary N) is 2. The number of hydrogen-bond acceptors (Lipinski definition) is 2. The highest BCUT2D eigenvalue weighted by atomic mass is 19.1. The molecule has 2 aromatic rings. The smallest absolute Gasteiger partial charge is 0.321 e. The van der Waals surface area contributed by atoms with Crippen LogP contribution in [0, 0.1) is 12.7 Å². The molecule has 1 aliphatic heterocycles. The number of hydrogen-bond donors (Lipinski definition) is 2. The van der Waals surface area contributed by atoms with Gasteiger partial charge in [0.25, 0.3) is 0 Å². The zero-order valence-electron chi connectivity index (χ0n) is 12.5. The van der Waals surface area contributed by atoms with Gasteiger partial charge in [0.15, 0.2) is 0 Å². The molecule has 3 rings (SSSR count). The third-order valence-corrected chi connectivity index (χ3v) is 4.06. The van der Waals surface area contributed by atoms with Crippen molar-refractivity contribution < 1.29 is 9.18 Å². The van der Waals surface area contributed by atoms with E-state index in [-0.39, 0.29) is 17.6 Å². The number of benzene rings is 1. The van der Waals surface area contributed by atoms with Gasteiger partial charge in [-0.05, 0) is 43.0 Å². The van der Waals surface area contributed by atoms with Crippen LogP contribution in [0.3, 0.4) is 0 Å². The SMILES string of the molecule is Cc1ccc(F)c(NC(=O)N2CCCC(c3cn[nH]c3)C2)c1. The van der Waals surface area contributed by atoms with E-state index in [9.17, 15) is 9.18 Å². The van der Waals surface area contributed by atoms with Crippen molar-refractivity contribution in [2.24, 2.45) is 0 Å². The van der Waals surface area contributed by atoms with E-state index < -0.39 is 5.82 Å². The molecular formula is C16H19FN4O. The predicted molar refractivity (Wildman–Crippen MR) is 82.3 cm³/mol. The van der Waals surface area contributed by atoms with Crippen LogP contribution in [0.4, 0.5) is 14.9 Å². The molecule has 1 aromatic heterocycles. The standard InChI is InChI=1S/C16H19FN4O/c1-11-4-5-14(17)15(7-11)20-16(22)21-6-2-3-12(10-21)13-8-18-19-9-13/h4-5,7-9,12H,2-3,6,10H2,1H3,(H,18,19)(H,20,22). The van der Waals surface area contributed by atoms with E-state index in [4.69, 9.17) is 0 Å². The molecule has 1 saturated heterocycles. The fourth-order valence-electron chi connectivity index (χ4n) is 2.85. The number of carbonyl (C=O) groups is 1. The van der Waals surface area contributed by atoms with Gasteiger partial charge >= 0.3 is 6.03 Å². The van der Waals surface area contributed by atoms with Gasteiger partial charge in [-0.1, -0.05) is 6.07 Å². The molecule has 6 heteroatoms. The Hall–Kier alpha value is -2.37. The number of carbonyl (C=O) groups excluding carboxylic acids is 1. The van der Waals surface area contributed by atoms with Crippen LogP contribution in [0.15, 0.2) is 30.6 Å². The van der Waals surface area contributed by atoms with Gasteiger partial charge in [-0.15, -0.1) is 0 Å². The van der Waals surface area contributed by atoms with Crippen molar-refractivity contribution in [1.29, 1.82) is 0 Å². The molecule has 2 heterocycles. The highest BCUT2D eigenvalue weighted by Crippen LogP contribution is 2.26. The first-order valence-corrected chi connectivity index (χ1v) is 7.44. The van der Waals surface area contributed by atoms with Crippen molar-refractivity contribution in [3.63, 3.8) is 0 Å². The number of likely N-dealkylation sites (tertiary alicyclic amines) is 1. The number of rotatable bonds is 2. The predicted octanol–water partition coefficient (Wildman–Crippen LogP) is 3.27. The molecule has 2 N–H and O–H groups in total. The summed E-state index contributed by atoms with van der Waals surface area (Å²) in [7, 11) is 0. The van der Waals surface area contributed by atoms with Gasteiger partial charge in [0.1, 0.15) is 5.82 Å². The maximum atomic E-state index is 13.8. The first-order valence-electron chi connectivity index (χ1n) is 7.44. The summed E-state index contributed by atoms with van der Waals surface area (Å²) in [6, 6.07) is 4.44. The molecule has 0 bridgehead atoms. The summed E-state index contributed by atoms with van der Waals surface area (Å²) in [6.45, 7) is 3.18. The molecule has 0 aliphatic carbocycles. The van der Waals surface area contributed by atoms with Gasteiger partial charge in [-0.3, -0.25) is 5.10 Å². The van der Waals surface area contributed by atoms with Crippen molar-refractivity contribution in [2.75, 3.05) is 18.4 Å². The van der Waals surface area contributed by atoms with Crippen LogP contribution >= 0.6 is 0 Å². The van der Waals surface area contributed by atoms with Crippen LogP contribution in [-0.4, -0.2) is 34.2 Å². The Balaban J connectivity index is 1.68. The van der Waals surface area contributed by atoms with Gasteiger partial charge in [-0.25, -0.2) is 9.18 Å². The average Bonchev–Trinajstić information content (AvgIpc) is 3.05. The first-order chi connectivity index (χ1) is 10.6. The molecule has 0 saturated carbocycles. The van der Waals surface area contributed by atoms with Crippen LogP contribution in [-0.2, 0) is 0 Å². The topological polar surface area (TPSA) is 61.0 Å². The minimum atomic E-state index is -0.414. The number of anilines is 1. The molecule has 1 aliphatic rings. The molecule has 1 atom stereocenters. The second-order valence-electron chi connectivity index (χ2n) is 5.73. The van der Waals surface area contributed by atoms with Crippen LogP contribution in [0.1, 0.15) is 29.9 Å². The van der Waals surface area contributed by atoms with E-state index in [1.165, 1.54) is 6.07 Å². The zero-order valence-corrected chi connectivity index (χ0v) is 12.5. The number of amides is 2. The monoisotopic (exact) mass is 302 g/mol. The molecule has 1 fully saturated rings. The lowest BCUT2D eigenvalue weighted by molar-refractivity contribution is 0.192. The summed E-state index contributed by atoms with van der Waals surface area (Å²) >= 11 is 0. The lowest BCUT2D eigenvalue weighted by Gasteiger charge is -2.32. The van der Waals surface area contributed by atoms with Crippen molar-refractivity contribution in [1.82, 2.24) is 15.1 Å². The Labute approximate surface area is 128 Å². The van der Waals surface area contributed by atoms with E-state index in [2.05, 4.69) is 15.5 Å². The summed E-state index contributed by atoms with van der Waals surface area (Å²) < 4.78 is 13.8. The second-order valence-corrected chi connectivity index (χ2v) is 5.73. The molecule has 5 nitrogen and oxygen atoms in total. The number of H-pyrrole nitrogens is 1. The summed E-state index contributed by atoms with van der Waals surface area (Å²) in [5.41, 5.74) is 2.25. The van der Waals surface area contributed by atoms with E-state index >= 15 is 0 Å². The number of halogens is 1. The Morgan fingerprint density at radius 1 is 1.50 bits per heavy atom. The van der Waals surface area contributed by atoms with E-state index in [1.807, 2.05) is 13.1 Å². The molecular weight excluding hydrogens is 283 g/mol. The van der Waals surface area contributed by atoms with E-state index in [0.29, 0.717) is 13.1 Å². The molecule has 0 spiro atoms. The lowest BCUT2D eigenvalue weighted by Crippen LogP contribution is -2.41. The molecule has 1 unspecified atom stereocenters. The Kier molecular flexibility index (Phi) is 4.09. The first kappa shape index (κ1) is 14.6. The number of aromatic amines is 1. The Morgan fingerprint density at radius 3 is 3.14 bits per heavy atom. The third-order valence-electron chi connectivity index (χ3n) is 4.06. The lowest BCUT2D eigenvalue weighted by atomic mass is 9.93. The summed E-state index contributed by atoms with van der Waals surface area (Å²) in [4.78, 5) is 14.1. The van der Waals surface area contributed by atoms with Crippen LogP contribution in [0.2, 0.25) is 0 Å². The Morgan fingerprint density at radius 2 is 2.36 bits per heavy atom. The number of nitrogens with zero attached hydrogens (tertiary/aromatic N) is 2. The van der Waals surface area contributed by atoms with Crippen molar-refractivity contribution in [3.8, 4) is 0 Å². The summed E-state index contributed by atoms with van der Waals surface area (Å²) in [6.07, 6.45) is 5.63. The third kappa shape index (κ3) is 3.10. The fraction of sp³-hybridized carbons (Fsp3) is 0.375. The Bertz CT molecular complexity index is 656. The summed E-state index contributed by atoms with van der Waals surface area (Å²) in [5.74, 6) is -0.136. The van der Waals surface area contributed by atoms with Gasteiger partial charge in [-0.2, -0.15) is 5.10 Å². The molecule has 0 radical (unpaired) electrons. The van der Waals surface area contributed by atoms with Crippen molar-refractivity contribution in [3.05, 3.63) is 47.5 Å². The summed E-state index contributed by atoms with van der Waals surface area (Å²) in [5, 5.41) is 9.44. The second kappa shape index (κ2) is 6.17. The molecule has 22 heavy (non-hydrogen) atoms. The largest absolute Gasteiger partial charge is 0.324 e. The average molecular weight is 302 g/mol. The van der Waals surface area contributed by atoms with Crippen molar-refractivity contribution in [2.45, 2.75) is 25.7 Å². The number of aromatic nitrogens is 2. The minimum absolute atomic E-state index is 0.232. The van der Waals surface area contributed by atoms with Crippen LogP contribution in [0.25, 0.3) is 0 Å². The number of piperidine rings is 1. The number of urea groups is 1. The van der Waals surface area contributed by atoms with Gasteiger partial charge in [0.05, 0.1) is 11.9 Å². The molecule has 2 amide bonds. The maximum Gasteiger partial charge on any atom is 0.321 e. The van der Waals surface area contributed by atoms with E-state index in [0.717, 1.165) is 24.0 Å². The van der Waals surface area contributed by atoms with Crippen molar-refractivity contribution >= 4 is 11.7 Å². The van der Waals surface area contributed by atoms with Crippen LogP contribution in [0.5, 0.6) is 0 Å². The molecule has 1 aromatic carbocycles. The van der Waals surface area contributed by atoms with Gasteiger partial charge in [0, 0.05) is 25.2 Å². The van der Waals surface area contributed by atoms with Gasteiger partial charge < -0.3 is 10.2 Å². The van der Waals surface area contributed by atoms with Crippen LogP contribution < -0.4 is 5.32 Å². The zero-order chi connectivity index (χ0) is 15.5. The maximum absolute atomic E-state index is 13.8. The number of aryl methyl sites for hydroxylation is 1. The normalized spacial score (nSPS) is 18.3. The highest BCUT2D eigenvalue weighted by molar-refractivity contribution is 5.89. The van der Waals surface area contributed by atoms with Gasteiger partial charge in [0.2, 0.25) is 0 Å². The fourth-order valence-corrected chi connectivity index (χ4v) is 2.85. The highest BCUT2D eigenvalue weighted by Gasteiger charge is 2.25. The quantitative estimate of drug-likeness (QED) is 0.894. The molecule has 116 valence electrons. The van der Waals surface area contributed by atoms with E-state index in [1.54, 1.807) is 23.2 Å².